The largest absolute Gasteiger partial charge is 0.378 e. The van der Waals surface area contributed by atoms with E-state index in [0.717, 1.165) is 13.1 Å². The molecular weight excluding hydrogens is 249 g/mol. The van der Waals surface area contributed by atoms with Crippen LogP contribution in [-0.4, -0.2) is 57.0 Å². The van der Waals surface area contributed by atoms with E-state index in [4.69, 9.17) is 4.74 Å². The average Bonchev–Trinajstić information content (AvgIpc) is 2.41. The van der Waals surface area contributed by atoms with Gasteiger partial charge in [-0.1, -0.05) is 6.58 Å². The molecule has 0 amide bonds. The zero-order valence-corrected chi connectivity index (χ0v) is 11.7. The van der Waals surface area contributed by atoms with Crippen molar-refractivity contribution in [1.82, 2.24) is 10.3 Å². The first-order chi connectivity index (χ1) is 9.15. The zero-order valence-electron chi connectivity index (χ0n) is 11.7. The number of amidine groups is 1. The summed E-state index contributed by atoms with van der Waals surface area (Å²) in [6, 6.07) is 0. The van der Waals surface area contributed by atoms with Crippen molar-refractivity contribution in [3.63, 3.8) is 0 Å². The summed E-state index contributed by atoms with van der Waals surface area (Å²) >= 11 is 0. The molecule has 1 fully saturated rings. The van der Waals surface area contributed by atoms with Crippen LogP contribution in [0.5, 0.6) is 0 Å². The Morgan fingerprint density at radius 1 is 1.53 bits per heavy atom. The third-order valence-corrected chi connectivity index (χ3v) is 2.18. The topological polar surface area (TPSA) is 75.2 Å². The molecule has 0 atom stereocenters. The normalized spacial score (nSPS) is 16.2. The van der Waals surface area contributed by atoms with E-state index >= 15 is 0 Å². The van der Waals surface area contributed by atoms with Crippen LogP contribution < -0.4 is 11.3 Å². The molecule has 3 N–H and O–H groups in total. The number of ether oxygens (including phenoxy) is 1. The molecule has 0 unspecified atom stereocenters. The van der Waals surface area contributed by atoms with E-state index in [9.17, 15) is 4.39 Å². The lowest BCUT2D eigenvalue weighted by Gasteiger charge is -2.28. The molecule has 7 heteroatoms. The van der Waals surface area contributed by atoms with Crippen molar-refractivity contribution in [2.75, 3.05) is 40.0 Å². The highest BCUT2D eigenvalue weighted by Gasteiger charge is 2.11. The maximum absolute atomic E-state index is 11.8. The number of morpholine rings is 1. The number of aliphatic imine (C=N–C) groups is 2. The molecule has 19 heavy (non-hydrogen) atoms. The molecule has 0 aliphatic carbocycles. The van der Waals surface area contributed by atoms with Gasteiger partial charge in [-0.05, 0) is 14.0 Å². The van der Waals surface area contributed by atoms with Crippen molar-refractivity contribution < 1.29 is 9.13 Å². The van der Waals surface area contributed by atoms with Gasteiger partial charge in [-0.3, -0.25) is 15.7 Å². The summed E-state index contributed by atoms with van der Waals surface area (Å²) < 4.78 is 17.1. The van der Waals surface area contributed by atoms with Crippen molar-refractivity contribution >= 4 is 12.1 Å². The lowest BCUT2D eigenvalue weighted by molar-refractivity contribution is 0.0534. The van der Waals surface area contributed by atoms with Crippen molar-refractivity contribution in [2.45, 2.75) is 13.3 Å². The fraction of sp³-hybridized carbons (Fsp3) is 0.667. The lowest BCUT2D eigenvalue weighted by Crippen LogP contribution is -2.34. The molecular formula is C12H24FN5O. The van der Waals surface area contributed by atoms with Gasteiger partial charge in [-0.2, -0.15) is 0 Å². The molecule has 0 radical (unpaired) electrons. The monoisotopic (exact) mass is 273 g/mol. The first-order valence-corrected chi connectivity index (χ1v) is 6.18. The van der Waals surface area contributed by atoms with Gasteiger partial charge in [0.05, 0.1) is 19.9 Å². The number of rotatable bonds is 4. The Morgan fingerprint density at radius 2 is 2.11 bits per heavy atom. The molecule has 0 aromatic heterocycles. The van der Waals surface area contributed by atoms with Crippen LogP contribution in [0, 0.1) is 0 Å². The SMILES string of the molecule is C=C(/N=C(/C)N=CCCF)N1CCOCC1.CNN. The molecule has 0 bridgehead atoms. The zero-order chi connectivity index (χ0) is 14.5. The molecule has 110 valence electrons. The fourth-order valence-electron chi connectivity index (χ4n) is 1.35. The third-order valence-electron chi connectivity index (χ3n) is 2.18. The Balaban J connectivity index is 0.000000982. The predicted molar refractivity (Wildman–Crippen MR) is 77.0 cm³/mol. The van der Waals surface area contributed by atoms with Crippen LogP contribution in [0.1, 0.15) is 13.3 Å². The van der Waals surface area contributed by atoms with Crippen molar-refractivity contribution in [3.8, 4) is 0 Å². The number of nitrogens with zero attached hydrogens (tertiary/aromatic N) is 3. The second-order valence-electron chi connectivity index (χ2n) is 3.75. The van der Waals surface area contributed by atoms with E-state index in [1.165, 1.54) is 6.21 Å². The molecule has 1 heterocycles. The van der Waals surface area contributed by atoms with E-state index in [2.05, 4.69) is 32.7 Å². The molecule has 0 saturated carbocycles. The van der Waals surface area contributed by atoms with Crippen LogP contribution in [0.2, 0.25) is 0 Å². The average molecular weight is 273 g/mol. The summed E-state index contributed by atoms with van der Waals surface area (Å²) in [5, 5.41) is 0. The Bertz CT molecular complexity index is 300. The van der Waals surface area contributed by atoms with Gasteiger partial charge < -0.3 is 9.64 Å². The number of hydrogen-bond acceptors (Lipinski definition) is 5. The maximum Gasteiger partial charge on any atom is 0.127 e. The third kappa shape index (κ3) is 9.29. The van der Waals surface area contributed by atoms with Gasteiger partial charge in [0, 0.05) is 25.7 Å². The number of hydrogen-bond donors (Lipinski definition) is 2. The summed E-state index contributed by atoms with van der Waals surface area (Å²) in [6.45, 7) is 8.30. The highest BCUT2D eigenvalue weighted by molar-refractivity contribution is 5.88. The quantitative estimate of drug-likeness (QED) is 0.342. The van der Waals surface area contributed by atoms with Crippen molar-refractivity contribution in [1.29, 1.82) is 0 Å². The number of halogens is 1. The Morgan fingerprint density at radius 3 is 2.63 bits per heavy atom. The standard InChI is InChI=1S/C11H18FN3O.CH6N2/c1-10(13-5-3-4-12)14-11(2)15-6-8-16-9-7-15;1-3-2/h5H,2-4,6-9H2,1H3;3H,2H2,1H3/b13-5?,14-10-;. The van der Waals surface area contributed by atoms with Crippen LogP contribution in [0.3, 0.4) is 0 Å². The first kappa shape index (κ1) is 17.7. The summed E-state index contributed by atoms with van der Waals surface area (Å²) in [7, 11) is 1.65. The van der Waals surface area contributed by atoms with Crippen molar-refractivity contribution in [2.24, 2.45) is 15.8 Å². The van der Waals surface area contributed by atoms with Crippen LogP contribution in [0.15, 0.2) is 22.4 Å². The molecule has 0 aromatic rings. The molecule has 0 spiro atoms. The van der Waals surface area contributed by atoms with Crippen LogP contribution >= 0.6 is 0 Å². The number of hydrazine groups is 1. The van der Waals surface area contributed by atoms with Crippen LogP contribution in [-0.2, 0) is 4.74 Å². The molecule has 1 aliphatic heterocycles. The number of nitrogens with one attached hydrogen (secondary N) is 1. The number of alkyl halides is 1. The van der Waals surface area contributed by atoms with E-state index in [1.54, 1.807) is 14.0 Å². The minimum absolute atomic E-state index is 0.330. The minimum Gasteiger partial charge on any atom is -0.378 e. The van der Waals surface area contributed by atoms with Crippen LogP contribution in [0.4, 0.5) is 4.39 Å². The Hall–Kier alpha value is -1.31. The molecule has 1 rings (SSSR count). The Labute approximate surface area is 114 Å². The summed E-state index contributed by atoms with van der Waals surface area (Å²) in [4.78, 5) is 10.3. The van der Waals surface area contributed by atoms with E-state index in [-0.39, 0.29) is 6.67 Å². The van der Waals surface area contributed by atoms with Gasteiger partial charge >= 0.3 is 0 Å². The first-order valence-electron chi connectivity index (χ1n) is 6.18. The van der Waals surface area contributed by atoms with Gasteiger partial charge in [-0.15, -0.1) is 0 Å². The van der Waals surface area contributed by atoms with Gasteiger partial charge in [0.25, 0.3) is 0 Å². The molecule has 1 saturated heterocycles. The molecule has 0 aromatic carbocycles. The maximum atomic E-state index is 11.8. The summed E-state index contributed by atoms with van der Waals surface area (Å²) in [6.07, 6.45) is 1.86. The summed E-state index contributed by atoms with van der Waals surface area (Å²) in [5.74, 6) is 5.89. The van der Waals surface area contributed by atoms with E-state index in [1.807, 2.05) is 0 Å². The van der Waals surface area contributed by atoms with E-state index in [0.29, 0.717) is 31.3 Å². The van der Waals surface area contributed by atoms with Gasteiger partial charge in [0.1, 0.15) is 11.7 Å². The molecule has 6 nitrogen and oxygen atoms in total. The fourth-order valence-corrected chi connectivity index (χ4v) is 1.35. The summed E-state index contributed by atoms with van der Waals surface area (Å²) in [5.41, 5.74) is 2.25. The Kier molecular flexibility index (Phi) is 11.0. The second-order valence-corrected chi connectivity index (χ2v) is 3.75. The van der Waals surface area contributed by atoms with Gasteiger partial charge in [0.15, 0.2) is 0 Å². The van der Waals surface area contributed by atoms with E-state index < -0.39 is 0 Å². The lowest BCUT2D eigenvalue weighted by atomic mass is 10.4. The molecule has 1 aliphatic rings. The van der Waals surface area contributed by atoms with Crippen LogP contribution in [0.25, 0.3) is 0 Å². The number of nitrogens with two attached hydrogens (primary N) is 1. The van der Waals surface area contributed by atoms with Gasteiger partial charge in [-0.25, -0.2) is 9.98 Å². The van der Waals surface area contributed by atoms with Crippen molar-refractivity contribution in [3.05, 3.63) is 12.4 Å². The highest BCUT2D eigenvalue weighted by Crippen LogP contribution is 2.07. The smallest absolute Gasteiger partial charge is 0.127 e. The van der Waals surface area contributed by atoms with Gasteiger partial charge in [0.2, 0.25) is 0 Å². The predicted octanol–water partition coefficient (Wildman–Crippen LogP) is 0.718. The minimum atomic E-state index is -0.388. The highest BCUT2D eigenvalue weighted by atomic mass is 19.1. The second kappa shape index (κ2) is 11.8.